The van der Waals surface area contributed by atoms with Gasteiger partial charge in [0.25, 0.3) is 0 Å². The summed E-state index contributed by atoms with van der Waals surface area (Å²) in [6.45, 7) is 4.40. The van der Waals surface area contributed by atoms with Gasteiger partial charge in [0.15, 0.2) is 0 Å². The van der Waals surface area contributed by atoms with Gasteiger partial charge in [0.05, 0.1) is 0 Å². The second kappa shape index (κ2) is 9.87. The molecule has 0 spiro atoms. The highest BCUT2D eigenvalue weighted by Gasteiger charge is 2.10. The fourth-order valence-corrected chi connectivity index (χ4v) is 2.62. The monoisotopic (exact) mass is 356 g/mol. The van der Waals surface area contributed by atoms with E-state index in [1.165, 1.54) is 0 Å². The lowest BCUT2D eigenvalue weighted by Crippen LogP contribution is -2.35. The lowest BCUT2D eigenvalue weighted by molar-refractivity contribution is -0.121. The molecule has 0 aliphatic carbocycles. The second-order valence-corrected chi connectivity index (χ2v) is 6.93. The number of carbonyl (C=O) groups excluding carboxylic acids is 2. The summed E-state index contributed by atoms with van der Waals surface area (Å²) in [5.41, 5.74) is 5.61. The number of amides is 2. The van der Waals surface area contributed by atoms with E-state index < -0.39 is 0 Å². The first kappa shape index (κ1) is 19.8. The van der Waals surface area contributed by atoms with Gasteiger partial charge in [0.2, 0.25) is 11.8 Å². The van der Waals surface area contributed by atoms with Gasteiger partial charge in [-0.15, -0.1) is 0 Å². The summed E-state index contributed by atoms with van der Waals surface area (Å²) >= 11 is 0. The first-order valence-corrected chi connectivity index (χ1v) is 9.11. The molecule has 2 aromatic rings. The predicted octanol–water partition coefficient (Wildman–Crippen LogP) is 2.83. The van der Waals surface area contributed by atoms with Crippen LogP contribution in [0.1, 0.15) is 39.5 Å². The predicted molar refractivity (Wildman–Crippen MR) is 105 cm³/mol. The van der Waals surface area contributed by atoms with Crippen LogP contribution in [0.3, 0.4) is 0 Å². The van der Waals surface area contributed by atoms with E-state index >= 15 is 0 Å². The van der Waals surface area contributed by atoms with Crippen LogP contribution in [0.2, 0.25) is 0 Å². The molecule has 6 heteroatoms. The van der Waals surface area contributed by atoms with Crippen LogP contribution in [0.5, 0.6) is 0 Å². The third-order valence-corrected chi connectivity index (χ3v) is 4.25. The van der Waals surface area contributed by atoms with Gasteiger partial charge in [0.1, 0.15) is 5.82 Å². The molecule has 0 bridgehead atoms. The highest BCUT2D eigenvalue weighted by molar-refractivity contribution is 5.92. The van der Waals surface area contributed by atoms with Gasteiger partial charge < -0.3 is 16.4 Å². The maximum Gasteiger partial charge on any atom is 0.225 e. The van der Waals surface area contributed by atoms with Crippen molar-refractivity contribution in [1.82, 2.24) is 10.3 Å². The van der Waals surface area contributed by atoms with Gasteiger partial charge in [-0.25, -0.2) is 4.98 Å². The molecule has 26 heavy (non-hydrogen) atoms. The molecule has 4 N–H and O–H groups in total. The van der Waals surface area contributed by atoms with E-state index in [1.807, 2.05) is 37.3 Å². The van der Waals surface area contributed by atoms with Crippen molar-refractivity contribution in [3.05, 3.63) is 36.5 Å². The zero-order chi connectivity index (χ0) is 18.9. The Labute approximate surface area is 154 Å². The Morgan fingerprint density at radius 1 is 1.08 bits per heavy atom. The molecule has 1 heterocycles. The number of pyridine rings is 1. The second-order valence-electron chi connectivity index (χ2n) is 6.93. The quantitative estimate of drug-likeness (QED) is 0.643. The van der Waals surface area contributed by atoms with Gasteiger partial charge in [-0.05, 0) is 37.1 Å². The minimum absolute atomic E-state index is 0.0129. The third-order valence-electron chi connectivity index (χ3n) is 4.25. The fraction of sp³-hybridized carbons (Fsp3) is 0.450. The molecule has 0 radical (unpaired) electrons. The SMILES string of the molecule is CC(CCC(=O)NC[C@@H](C)N)CCC(=O)Nc1cc2ccccc2cn1. The Morgan fingerprint density at radius 2 is 1.73 bits per heavy atom. The molecule has 1 aromatic carbocycles. The molecule has 1 unspecified atom stereocenters. The van der Waals surface area contributed by atoms with Crippen LogP contribution < -0.4 is 16.4 Å². The summed E-state index contributed by atoms with van der Waals surface area (Å²) in [6, 6.07) is 9.73. The number of nitrogens with two attached hydrogens (primary N) is 1. The summed E-state index contributed by atoms with van der Waals surface area (Å²) in [5.74, 6) is 0.822. The van der Waals surface area contributed by atoms with Crippen LogP contribution in [0.15, 0.2) is 36.5 Å². The molecule has 0 fully saturated rings. The van der Waals surface area contributed by atoms with Crippen LogP contribution in [0.4, 0.5) is 5.82 Å². The topological polar surface area (TPSA) is 97.1 Å². The standard InChI is InChI=1S/C20H28N4O2/c1-14(7-9-19(25)23-12-15(2)21)8-10-20(26)24-18-11-16-5-3-4-6-17(16)13-22-18/h3-6,11,13-15H,7-10,12,21H2,1-2H3,(H,23,25)(H,22,24,26)/t14?,15-/m1/s1. The molecule has 0 saturated carbocycles. The highest BCUT2D eigenvalue weighted by atomic mass is 16.2. The number of nitrogens with one attached hydrogen (secondary N) is 2. The maximum atomic E-state index is 12.1. The van der Waals surface area contributed by atoms with Crippen molar-refractivity contribution in [2.75, 3.05) is 11.9 Å². The van der Waals surface area contributed by atoms with E-state index in [0.29, 0.717) is 31.1 Å². The number of carbonyl (C=O) groups is 2. The van der Waals surface area contributed by atoms with Crippen molar-refractivity contribution >= 4 is 28.4 Å². The highest BCUT2D eigenvalue weighted by Crippen LogP contribution is 2.17. The van der Waals surface area contributed by atoms with Crippen LogP contribution in [0.25, 0.3) is 10.8 Å². The number of hydrogen-bond acceptors (Lipinski definition) is 4. The molecule has 2 rings (SSSR count). The Kier molecular flexibility index (Phi) is 7.53. The maximum absolute atomic E-state index is 12.1. The Hall–Kier alpha value is -2.47. The van der Waals surface area contributed by atoms with Crippen molar-refractivity contribution in [1.29, 1.82) is 0 Å². The number of hydrogen-bond donors (Lipinski definition) is 3. The zero-order valence-electron chi connectivity index (χ0n) is 15.5. The summed E-state index contributed by atoms with van der Waals surface area (Å²) in [4.78, 5) is 28.1. The van der Waals surface area contributed by atoms with E-state index in [9.17, 15) is 9.59 Å². The Morgan fingerprint density at radius 3 is 2.42 bits per heavy atom. The van der Waals surface area contributed by atoms with Gasteiger partial charge in [-0.2, -0.15) is 0 Å². The van der Waals surface area contributed by atoms with Crippen molar-refractivity contribution in [3.63, 3.8) is 0 Å². The smallest absolute Gasteiger partial charge is 0.225 e. The largest absolute Gasteiger partial charge is 0.355 e. The van der Waals surface area contributed by atoms with Gasteiger partial charge >= 0.3 is 0 Å². The number of nitrogens with zero attached hydrogens (tertiary/aromatic N) is 1. The van der Waals surface area contributed by atoms with Gasteiger partial charge in [-0.1, -0.05) is 31.2 Å². The summed E-state index contributed by atoms with van der Waals surface area (Å²) in [6.07, 6.45) is 4.12. The van der Waals surface area contributed by atoms with E-state index in [-0.39, 0.29) is 17.9 Å². The van der Waals surface area contributed by atoms with E-state index in [2.05, 4.69) is 22.5 Å². The number of fused-ring (bicyclic) bond motifs is 1. The lowest BCUT2D eigenvalue weighted by atomic mass is 9.99. The van der Waals surface area contributed by atoms with Gasteiger partial charge in [0, 0.05) is 37.0 Å². The van der Waals surface area contributed by atoms with Crippen LogP contribution >= 0.6 is 0 Å². The summed E-state index contributed by atoms with van der Waals surface area (Å²) in [7, 11) is 0. The molecule has 0 aliphatic rings. The molecule has 1 aromatic heterocycles. The molecule has 2 atom stereocenters. The van der Waals surface area contributed by atoms with Crippen molar-refractivity contribution in [2.24, 2.45) is 11.7 Å². The van der Waals surface area contributed by atoms with E-state index in [0.717, 1.165) is 23.6 Å². The van der Waals surface area contributed by atoms with E-state index in [1.54, 1.807) is 6.20 Å². The van der Waals surface area contributed by atoms with Crippen molar-refractivity contribution < 1.29 is 9.59 Å². The zero-order valence-corrected chi connectivity index (χ0v) is 15.5. The number of benzene rings is 1. The normalized spacial score (nSPS) is 13.2. The number of anilines is 1. The summed E-state index contributed by atoms with van der Waals surface area (Å²) in [5, 5.41) is 7.73. The molecule has 6 nitrogen and oxygen atoms in total. The van der Waals surface area contributed by atoms with Crippen molar-refractivity contribution in [2.45, 2.75) is 45.6 Å². The Balaban J connectivity index is 1.71. The molecular weight excluding hydrogens is 328 g/mol. The molecule has 140 valence electrons. The van der Waals surface area contributed by atoms with Crippen molar-refractivity contribution in [3.8, 4) is 0 Å². The molecule has 0 aliphatic heterocycles. The van der Waals surface area contributed by atoms with Gasteiger partial charge in [-0.3, -0.25) is 9.59 Å². The fourth-order valence-electron chi connectivity index (χ4n) is 2.62. The molecular formula is C20H28N4O2. The lowest BCUT2D eigenvalue weighted by Gasteiger charge is -2.12. The minimum Gasteiger partial charge on any atom is -0.355 e. The van der Waals surface area contributed by atoms with Crippen LogP contribution in [0, 0.1) is 5.92 Å². The first-order chi connectivity index (χ1) is 12.4. The average molecular weight is 356 g/mol. The van der Waals surface area contributed by atoms with Crippen LogP contribution in [-0.4, -0.2) is 29.4 Å². The average Bonchev–Trinajstić information content (AvgIpc) is 2.62. The third kappa shape index (κ3) is 6.80. The molecule has 2 amide bonds. The summed E-state index contributed by atoms with van der Waals surface area (Å²) < 4.78 is 0. The van der Waals surface area contributed by atoms with E-state index in [4.69, 9.17) is 5.73 Å². The minimum atomic E-state index is -0.0546. The van der Waals surface area contributed by atoms with Crippen LogP contribution in [-0.2, 0) is 9.59 Å². The number of aromatic nitrogens is 1. The Bertz CT molecular complexity index is 745. The first-order valence-electron chi connectivity index (χ1n) is 9.11. The molecule has 0 saturated heterocycles. The number of rotatable bonds is 9.